The zero-order chi connectivity index (χ0) is 18.5. The summed E-state index contributed by atoms with van der Waals surface area (Å²) >= 11 is 0. The van der Waals surface area contributed by atoms with E-state index in [0.29, 0.717) is 32.1 Å². The second kappa shape index (κ2) is 9.79. The summed E-state index contributed by atoms with van der Waals surface area (Å²) in [7, 11) is 1.59. The van der Waals surface area contributed by atoms with E-state index in [1.165, 1.54) is 11.8 Å². The molecule has 1 rings (SSSR count). The Morgan fingerprint density at radius 2 is 1.68 bits per heavy atom. The predicted octanol–water partition coefficient (Wildman–Crippen LogP) is 1.66. The highest BCUT2D eigenvalue weighted by molar-refractivity contribution is 14.0. The molecular weight excluding hydrogens is 450 g/mol. The minimum Gasteiger partial charge on any atom is -0.350 e. The van der Waals surface area contributed by atoms with Gasteiger partial charge in [0.05, 0.1) is 6.54 Å². The van der Waals surface area contributed by atoms with Crippen LogP contribution in [0.15, 0.2) is 4.99 Å². The van der Waals surface area contributed by atoms with E-state index >= 15 is 0 Å². The highest BCUT2D eigenvalue weighted by Crippen LogP contribution is 2.25. The molecule has 1 saturated heterocycles. The van der Waals surface area contributed by atoms with Crippen molar-refractivity contribution in [3.63, 3.8) is 0 Å². The van der Waals surface area contributed by atoms with Gasteiger partial charge in [-0.25, -0.2) is 0 Å². The summed E-state index contributed by atoms with van der Waals surface area (Å²) in [6, 6.07) is -1.45. The van der Waals surface area contributed by atoms with Gasteiger partial charge >= 0.3 is 6.18 Å². The maximum Gasteiger partial charge on any atom is 0.403 e. The van der Waals surface area contributed by atoms with Gasteiger partial charge in [-0.1, -0.05) is 0 Å². The Bertz CT molecular complexity index is 457. The first-order valence-electron chi connectivity index (χ1n) is 8.01. The number of nitrogens with one attached hydrogen (secondary N) is 2. The number of aliphatic imine (C=N–C) groups is 1. The third-order valence-electron chi connectivity index (χ3n) is 3.77. The van der Waals surface area contributed by atoms with E-state index in [2.05, 4.69) is 15.6 Å². The van der Waals surface area contributed by atoms with Gasteiger partial charge in [-0.2, -0.15) is 13.2 Å². The van der Waals surface area contributed by atoms with Crippen LogP contribution in [0.2, 0.25) is 0 Å². The number of guanidine groups is 1. The second-order valence-corrected chi connectivity index (χ2v) is 6.94. The molecule has 1 unspecified atom stereocenters. The van der Waals surface area contributed by atoms with Crippen LogP contribution in [0.5, 0.6) is 0 Å². The molecule has 148 valence electrons. The number of rotatable bonds is 3. The van der Waals surface area contributed by atoms with Crippen LogP contribution in [0.3, 0.4) is 0 Å². The van der Waals surface area contributed by atoms with E-state index in [1.807, 2.05) is 25.7 Å². The predicted molar refractivity (Wildman–Crippen MR) is 103 cm³/mol. The molecule has 2 N–H and O–H groups in total. The molecule has 1 aliphatic rings. The molecule has 0 aromatic rings. The molecule has 0 aromatic carbocycles. The number of hydrogen-bond acceptors (Lipinski definition) is 3. The van der Waals surface area contributed by atoms with Crippen molar-refractivity contribution in [2.24, 2.45) is 4.99 Å². The van der Waals surface area contributed by atoms with Crippen molar-refractivity contribution in [2.45, 2.75) is 45.5 Å². The average Bonchev–Trinajstić information content (AvgIpc) is 2.45. The summed E-state index contributed by atoms with van der Waals surface area (Å²) in [6.07, 6.45) is -4.22. The lowest BCUT2D eigenvalue weighted by molar-refractivity contribution is -0.181. The lowest BCUT2D eigenvalue weighted by Crippen LogP contribution is -2.57. The molecular formula is C15H29F3IN5O. The number of alkyl halides is 3. The van der Waals surface area contributed by atoms with Crippen LogP contribution in [0.25, 0.3) is 0 Å². The standard InChI is InChI=1S/C15H28F3N5O.HI/c1-11(15(16,17)18)22-6-8-23(9-7-22)13(19-5)20-10-12(24)21-14(2,3)4;/h11H,6-10H2,1-5H3,(H,19,20)(H,21,24);1H. The summed E-state index contributed by atoms with van der Waals surface area (Å²) in [5.74, 6) is 0.367. The van der Waals surface area contributed by atoms with Crippen molar-refractivity contribution in [1.82, 2.24) is 20.4 Å². The first-order chi connectivity index (χ1) is 10.9. The summed E-state index contributed by atoms with van der Waals surface area (Å²) in [5, 5.41) is 5.79. The van der Waals surface area contributed by atoms with Gasteiger partial charge in [0, 0.05) is 38.8 Å². The Balaban J connectivity index is 0.00000576. The van der Waals surface area contributed by atoms with Crippen molar-refractivity contribution in [3.05, 3.63) is 0 Å². The molecule has 10 heteroatoms. The van der Waals surface area contributed by atoms with Gasteiger partial charge in [0.1, 0.15) is 6.04 Å². The third kappa shape index (κ3) is 8.43. The first-order valence-corrected chi connectivity index (χ1v) is 8.01. The Labute approximate surface area is 164 Å². The van der Waals surface area contributed by atoms with E-state index in [-0.39, 0.29) is 42.0 Å². The minimum absolute atomic E-state index is 0. The monoisotopic (exact) mass is 479 g/mol. The van der Waals surface area contributed by atoms with E-state index in [1.54, 1.807) is 7.05 Å². The molecule has 0 radical (unpaired) electrons. The molecule has 1 heterocycles. The van der Waals surface area contributed by atoms with Crippen LogP contribution in [0.4, 0.5) is 13.2 Å². The molecule has 0 spiro atoms. The van der Waals surface area contributed by atoms with Gasteiger partial charge in [-0.05, 0) is 27.7 Å². The summed E-state index contributed by atoms with van der Waals surface area (Å²) in [6.45, 7) is 8.39. The van der Waals surface area contributed by atoms with Gasteiger partial charge < -0.3 is 15.5 Å². The maximum atomic E-state index is 12.8. The molecule has 6 nitrogen and oxygen atoms in total. The maximum absolute atomic E-state index is 12.8. The van der Waals surface area contributed by atoms with Crippen LogP contribution in [-0.4, -0.2) is 79.2 Å². The smallest absolute Gasteiger partial charge is 0.350 e. The molecule has 1 amide bonds. The van der Waals surface area contributed by atoms with E-state index in [9.17, 15) is 18.0 Å². The number of nitrogens with zero attached hydrogens (tertiary/aromatic N) is 3. The van der Waals surface area contributed by atoms with Gasteiger partial charge in [0.15, 0.2) is 5.96 Å². The van der Waals surface area contributed by atoms with E-state index in [4.69, 9.17) is 0 Å². The number of halogens is 4. The first kappa shape index (κ1) is 24.2. The zero-order valence-electron chi connectivity index (χ0n) is 15.4. The molecule has 0 aromatic heterocycles. The van der Waals surface area contributed by atoms with Gasteiger partial charge in [0.2, 0.25) is 5.91 Å². The molecule has 0 aliphatic carbocycles. The van der Waals surface area contributed by atoms with Crippen molar-refractivity contribution >= 4 is 35.8 Å². The normalized spacial score (nSPS) is 18.4. The fourth-order valence-corrected chi connectivity index (χ4v) is 2.48. The van der Waals surface area contributed by atoms with Gasteiger partial charge in [0.25, 0.3) is 0 Å². The van der Waals surface area contributed by atoms with Crippen LogP contribution in [0, 0.1) is 0 Å². The quantitative estimate of drug-likeness (QED) is 0.368. The van der Waals surface area contributed by atoms with Crippen molar-refractivity contribution in [1.29, 1.82) is 0 Å². The Morgan fingerprint density at radius 3 is 2.08 bits per heavy atom. The van der Waals surface area contributed by atoms with Crippen molar-refractivity contribution < 1.29 is 18.0 Å². The highest BCUT2D eigenvalue weighted by atomic mass is 127. The number of piperazine rings is 1. The molecule has 25 heavy (non-hydrogen) atoms. The summed E-state index contributed by atoms with van der Waals surface area (Å²) in [4.78, 5) is 19.2. The Hall–Kier alpha value is -0.780. The van der Waals surface area contributed by atoms with Crippen LogP contribution in [-0.2, 0) is 4.79 Å². The Morgan fingerprint density at radius 1 is 1.16 bits per heavy atom. The van der Waals surface area contributed by atoms with Crippen LogP contribution < -0.4 is 10.6 Å². The van der Waals surface area contributed by atoms with Crippen molar-refractivity contribution in [3.8, 4) is 0 Å². The topological polar surface area (TPSA) is 60.0 Å². The molecule has 1 aliphatic heterocycles. The van der Waals surface area contributed by atoms with Crippen LogP contribution >= 0.6 is 24.0 Å². The van der Waals surface area contributed by atoms with E-state index in [0.717, 1.165) is 0 Å². The second-order valence-electron chi connectivity index (χ2n) is 6.94. The fraction of sp³-hybridized carbons (Fsp3) is 0.867. The summed E-state index contributed by atoms with van der Waals surface area (Å²) < 4.78 is 38.3. The molecule has 1 fully saturated rings. The number of amides is 1. The molecule has 0 saturated carbocycles. The van der Waals surface area contributed by atoms with E-state index < -0.39 is 12.2 Å². The molecule has 0 bridgehead atoms. The zero-order valence-corrected chi connectivity index (χ0v) is 17.7. The van der Waals surface area contributed by atoms with Gasteiger partial charge in [-0.15, -0.1) is 24.0 Å². The largest absolute Gasteiger partial charge is 0.403 e. The summed E-state index contributed by atoms with van der Waals surface area (Å²) in [5.41, 5.74) is -0.318. The number of hydrogen-bond donors (Lipinski definition) is 2. The molecule has 1 atom stereocenters. The lowest BCUT2D eigenvalue weighted by atomic mass is 10.1. The average molecular weight is 479 g/mol. The number of carbonyl (C=O) groups excluding carboxylic acids is 1. The fourth-order valence-electron chi connectivity index (χ4n) is 2.48. The SMILES string of the molecule is CN=C(NCC(=O)NC(C)(C)C)N1CCN(C(C)C(F)(F)F)CC1.I. The number of carbonyl (C=O) groups is 1. The van der Waals surface area contributed by atoms with Crippen molar-refractivity contribution in [2.75, 3.05) is 39.8 Å². The third-order valence-corrected chi connectivity index (χ3v) is 3.77. The van der Waals surface area contributed by atoms with Crippen LogP contribution in [0.1, 0.15) is 27.7 Å². The lowest BCUT2D eigenvalue weighted by Gasteiger charge is -2.39. The highest BCUT2D eigenvalue weighted by Gasteiger charge is 2.41. The minimum atomic E-state index is -4.22. The Kier molecular flexibility index (Phi) is 9.48. The van der Waals surface area contributed by atoms with Gasteiger partial charge in [-0.3, -0.25) is 14.7 Å².